The van der Waals surface area contributed by atoms with Crippen molar-refractivity contribution in [1.29, 1.82) is 0 Å². The lowest BCUT2D eigenvalue weighted by atomic mass is 9.91. The number of nitrogens with zero attached hydrogens (tertiary/aromatic N) is 1. The van der Waals surface area contributed by atoms with Crippen molar-refractivity contribution in [2.24, 2.45) is 0 Å². The number of anilines is 3. The van der Waals surface area contributed by atoms with Crippen LogP contribution in [0.15, 0.2) is 253 Å². The van der Waals surface area contributed by atoms with Gasteiger partial charge in [-0.15, -0.1) is 0 Å². The molecule has 0 saturated carbocycles. The highest BCUT2D eigenvalue weighted by Gasteiger charge is 2.27. The Kier molecular flexibility index (Phi) is 9.20. The topological polar surface area (TPSA) is 16.4 Å². The summed E-state index contributed by atoms with van der Waals surface area (Å²) in [5.74, 6) is 0. The Hall–Kier alpha value is -8.46. The summed E-state index contributed by atoms with van der Waals surface area (Å²) in [7, 11) is 0. The van der Waals surface area contributed by atoms with Gasteiger partial charge in [0.25, 0.3) is 0 Å². The highest BCUT2D eigenvalue weighted by Crippen LogP contribution is 2.51. The molecule has 64 heavy (non-hydrogen) atoms. The van der Waals surface area contributed by atoms with E-state index in [1.54, 1.807) is 0 Å². The van der Waals surface area contributed by atoms with Gasteiger partial charge in [0.05, 0.1) is 22.4 Å². The normalized spacial score (nSPS) is 11.4. The van der Waals surface area contributed by atoms with Gasteiger partial charge in [-0.3, -0.25) is 0 Å². The van der Waals surface area contributed by atoms with E-state index in [-0.39, 0.29) is 0 Å². The van der Waals surface area contributed by atoms with E-state index in [1.165, 1.54) is 38.2 Å². The Labute approximate surface area is 372 Å². The number of fused-ring (bicyclic) bond motifs is 6. The average molecular weight is 816 g/mol. The molecular weight excluding hydrogens is 775 g/mol. The van der Waals surface area contributed by atoms with Gasteiger partial charge in [0.1, 0.15) is 11.2 Å². The first-order valence-electron chi connectivity index (χ1n) is 21.9. The van der Waals surface area contributed by atoms with Gasteiger partial charge in [0.2, 0.25) is 0 Å². The van der Waals surface area contributed by atoms with Gasteiger partial charge in [-0.1, -0.05) is 200 Å². The fourth-order valence-corrected chi connectivity index (χ4v) is 9.68. The van der Waals surface area contributed by atoms with Crippen molar-refractivity contribution in [3.63, 3.8) is 0 Å². The number of hydrogen-bond donors (Lipinski definition) is 0. The van der Waals surface area contributed by atoms with E-state index in [9.17, 15) is 0 Å². The van der Waals surface area contributed by atoms with Gasteiger partial charge in [-0.05, 0) is 109 Å². The fourth-order valence-electron chi connectivity index (χ4n) is 9.68. The molecule has 0 atom stereocenters. The summed E-state index contributed by atoms with van der Waals surface area (Å²) < 4.78 is 7.11. The molecule has 0 aliphatic carbocycles. The zero-order valence-corrected chi connectivity index (χ0v) is 35.0. The summed E-state index contributed by atoms with van der Waals surface area (Å²) in [6.45, 7) is 0. The third kappa shape index (κ3) is 6.44. The number of rotatable bonds is 8. The Balaban J connectivity index is 1.17. The molecule has 0 radical (unpaired) electrons. The third-order valence-electron chi connectivity index (χ3n) is 12.7. The molecule has 11 aromatic carbocycles. The lowest BCUT2D eigenvalue weighted by Crippen LogP contribution is -2.13. The van der Waals surface area contributed by atoms with Crippen molar-refractivity contribution in [2.45, 2.75) is 0 Å². The molecule has 0 saturated heterocycles. The SMILES string of the molecule is c1ccc(-c2cccc(-c3ccccc3N(c3ccc(-c4ccccc4)cc3-c3ccccc3)c3ccc(-c4cc5ccccc5c5ccccc45)c4oc5ccccc5c34)c2)cc1. The summed E-state index contributed by atoms with van der Waals surface area (Å²) in [6, 6.07) is 89.7. The molecule has 1 aromatic heterocycles. The molecule has 0 N–H and O–H groups in total. The third-order valence-corrected chi connectivity index (χ3v) is 12.7. The second-order valence-electron chi connectivity index (χ2n) is 16.4. The largest absolute Gasteiger partial charge is 0.455 e. The quantitative estimate of drug-likeness (QED) is 0.142. The first-order chi connectivity index (χ1) is 31.8. The molecule has 0 bridgehead atoms. The maximum Gasteiger partial charge on any atom is 0.145 e. The van der Waals surface area contributed by atoms with Crippen LogP contribution in [0.1, 0.15) is 0 Å². The van der Waals surface area contributed by atoms with Crippen molar-refractivity contribution in [2.75, 3.05) is 4.90 Å². The van der Waals surface area contributed by atoms with Crippen LogP contribution >= 0.6 is 0 Å². The lowest BCUT2D eigenvalue weighted by molar-refractivity contribution is 0.670. The first-order valence-corrected chi connectivity index (χ1v) is 21.9. The molecule has 12 aromatic rings. The summed E-state index contributed by atoms with van der Waals surface area (Å²) in [6.07, 6.45) is 0. The van der Waals surface area contributed by atoms with Crippen LogP contribution in [0.3, 0.4) is 0 Å². The summed E-state index contributed by atoms with van der Waals surface area (Å²) in [5, 5.41) is 6.98. The van der Waals surface area contributed by atoms with Crippen molar-refractivity contribution >= 4 is 60.5 Å². The van der Waals surface area contributed by atoms with Crippen LogP contribution in [0.5, 0.6) is 0 Å². The first kappa shape index (κ1) is 37.3. The van der Waals surface area contributed by atoms with Gasteiger partial charge < -0.3 is 9.32 Å². The van der Waals surface area contributed by atoms with Gasteiger partial charge >= 0.3 is 0 Å². The maximum atomic E-state index is 7.11. The molecule has 0 aliphatic heterocycles. The monoisotopic (exact) mass is 815 g/mol. The molecule has 0 spiro atoms. The van der Waals surface area contributed by atoms with E-state index in [0.29, 0.717) is 0 Å². The van der Waals surface area contributed by atoms with Crippen LogP contribution in [-0.4, -0.2) is 0 Å². The standard InChI is InChI=1S/C62H41NO/c1-4-19-42(20-5-1)45-26-18-27-47(39-45)50-29-14-16-33-57(50)63(58-37-35-46(43-21-6-2-7-22-43)40-55(58)44-23-8-3-9-24-44)59-38-36-53(62-61(59)54-32-15-17-34-60(54)64-62)56-41-48-25-10-11-28-49(48)51-30-12-13-31-52(51)56/h1-41H. The highest BCUT2D eigenvalue weighted by atomic mass is 16.3. The van der Waals surface area contributed by atoms with Crippen LogP contribution in [0, 0.1) is 0 Å². The maximum absolute atomic E-state index is 7.11. The van der Waals surface area contributed by atoms with E-state index in [0.717, 1.165) is 77.9 Å². The second-order valence-corrected chi connectivity index (χ2v) is 16.4. The molecule has 300 valence electrons. The molecule has 0 aliphatic rings. The summed E-state index contributed by atoms with van der Waals surface area (Å²) >= 11 is 0. The Morgan fingerprint density at radius 3 is 1.58 bits per heavy atom. The van der Waals surface area contributed by atoms with Crippen molar-refractivity contribution < 1.29 is 4.42 Å². The smallest absolute Gasteiger partial charge is 0.145 e. The zero-order valence-electron chi connectivity index (χ0n) is 35.0. The molecule has 0 amide bonds. The Morgan fingerprint density at radius 2 is 0.812 bits per heavy atom. The van der Waals surface area contributed by atoms with Crippen molar-refractivity contribution in [3.8, 4) is 55.6 Å². The summed E-state index contributed by atoms with van der Waals surface area (Å²) in [5.41, 5.74) is 16.3. The summed E-state index contributed by atoms with van der Waals surface area (Å²) in [4.78, 5) is 2.48. The Morgan fingerprint density at radius 1 is 0.266 bits per heavy atom. The number of para-hydroxylation sites is 2. The van der Waals surface area contributed by atoms with Crippen LogP contribution in [0.4, 0.5) is 17.1 Å². The molecule has 2 nitrogen and oxygen atoms in total. The van der Waals surface area contributed by atoms with Gasteiger partial charge in [0.15, 0.2) is 0 Å². The van der Waals surface area contributed by atoms with E-state index < -0.39 is 0 Å². The average Bonchev–Trinajstić information content (AvgIpc) is 3.77. The minimum absolute atomic E-state index is 0.850. The highest BCUT2D eigenvalue weighted by molar-refractivity contribution is 6.21. The molecular formula is C62H41NO. The predicted octanol–water partition coefficient (Wildman–Crippen LogP) is 17.7. The molecule has 12 rings (SSSR count). The Bertz CT molecular complexity index is 3660. The van der Waals surface area contributed by atoms with Gasteiger partial charge in [0, 0.05) is 22.1 Å². The number of hydrogen-bond acceptors (Lipinski definition) is 2. The molecule has 2 heteroatoms. The van der Waals surface area contributed by atoms with Crippen LogP contribution in [0.2, 0.25) is 0 Å². The predicted molar refractivity (Wildman–Crippen MR) is 271 cm³/mol. The van der Waals surface area contributed by atoms with Gasteiger partial charge in [-0.25, -0.2) is 0 Å². The minimum atomic E-state index is 0.850. The van der Waals surface area contributed by atoms with Crippen LogP contribution in [0.25, 0.3) is 99.1 Å². The van der Waals surface area contributed by atoms with E-state index in [4.69, 9.17) is 4.42 Å². The van der Waals surface area contributed by atoms with Gasteiger partial charge in [-0.2, -0.15) is 0 Å². The molecule has 0 fully saturated rings. The fraction of sp³-hybridized carbons (Fsp3) is 0. The van der Waals surface area contributed by atoms with Crippen molar-refractivity contribution in [3.05, 3.63) is 249 Å². The van der Waals surface area contributed by atoms with E-state index >= 15 is 0 Å². The lowest BCUT2D eigenvalue weighted by Gasteiger charge is -2.31. The second kappa shape index (κ2) is 15.8. The van der Waals surface area contributed by atoms with Crippen LogP contribution < -0.4 is 4.90 Å². The van der Waals surface area contributed by atoms with Crippen LogP contribution in [-0.2, 0) is 0 Å². The minimum Gasteiger partial charge on any atom is -0.455 e. The van der Waals surface area contributed by atoms with E-state index in [1.807, 2.05) is 0 Å². The van der Waals surface area contributed by atoms with E-state index in [2.05, 4.69) is 254 Å². The number of benzene rings is 11. The molecule has 1 heterocycles. The number of furan rings is 1. The van der Waals surface area contributed by atoms with Crippen molar-refractivity contribution in [1.82, 2.24) is 0 Å². The molecule has 0 unspecified atom stereocenters. The zero-order chi connectivity index (χ0) is 42.4.